The third kappa shape index (κ3) is 4.61. The molecular formula is C15H23NO. The van der Waals surface area contributed by atoms with Crippen LogP contribution in [-0.4, -0.2) is 13.7 Å². The fourth-order valence-electron chi connectivity index (χ4n) is 1.84. The van der Waals surface area contributed by atoms with Crippen molar-refractivity contribution in [2.45, 2.75) is 32.7 Å². The number of hydrogen-bond donors (Lipinski definition) is 1. The van der Waals surface area contributed by atoms with E-state index in [1.165, 1.54) is 5.56 Å². The number of methoxy groups -OCH3 is 1. The van der Waals surface area contributed by atoms with Crippen LogP contribution < -0.4 is 10.1 Å². The van der Waals surface area contributed by atoms with Crippen LogP contribution in [0.15, 0.2) is 36.4 Å². The second-order valence-corrected chi connectivity index (χ2v) is 4.05. The molecule has 0 heterocycles. The van der Waals surface area contributed by atoms with Crippen molar-refractivity contribution in [1.29, 1.82) is 0 Å². The Hall–Kier alpha value is -1.28. The van der Waals surface area contributed by atoms with Crippen LogP contribution in [0.5, 0.6) is 5.75 Å². The summed E-state index contributed by atoms with van der Waals surface area (Å²) in [7, 11) is 1.70. The molecule has 1 N–H and O–H groups in total. The van der Waals surface area contributed by atoms with Crippen LogP contribution in [0.1, 0.15) is 38.3 Å². The molecule has 94 valence electrons. The largest absolute Gasteiger partial charge is 0.497 e. The van der Waals surface area contributed by atoms with Gasteiger partial charge in [-0.15, -0.1) is 0 Å². The first-order chi connectivity index (χ1) is 8.31. The van der Waals surface area contributed by atoms with Crippen molar-refractivity contribution in [2.75, 3.05) is 13.7 Å². The Bertz CT molecular complexity index is 329. The molecule has 0 bridgehead atoms. The van der Waals surface area contributed by atoms with E-state index in [1.807, 2.05) is 12.1 Å². The molecule has 1 unspecified atom stereocenters. The van der Waals surface area contributed by atoms with E-state index < -0.39 is 0 Å². The van der Waals surface area contributed by atoms with Gasteiger partial charge in [-0.3, -0.25) is 0 Å². The van der Waals surface area contributed by atoms with Crippen molar-refractivity contribution in [3.8, 4) is 5.75 Å². The highest BCUT2D eigenvalue weighted by molar-refractivity contribution is 5.29. The smallest absolute Gasteiger partial charge is 0.118 e. The molecule has 0 aromatic heterocycles. The van der Waals surface area contributed by atoms with Crippen molar-refractivity contribution in [1.82, 2.24) is 5.32 Å². The minimum Gasteiger partial charge on any atom is -0.497 e. The molecule has 0 fully saturated rings. The van der Waals surface area contributed by atoms with Gasteiger partial charge in [-0.2, -0.15) is 0 Å². The molecule has 1 rings (SSSR count). The molecule has 0 spiro atoms. The van der Waals surface area contributed by atoms with Gasteiger partial charge in [0.05, 0.1) is 7.11 Å². The SMILES string of the molecule is C/C=C/CCNC(CC)c1ccc(OC)cc1. The molecular weight excluding hydrogens is 210 g/mol. The summed E-state index contributed by atoms with van der Waals surface area (Å²) in [6, 6.07) is 8.74. The summed E-state index contributed by atoms with van der Waals surface area (Å²) in [5.74, 6) is 0.914. The van der Waals surface area contributed by atoms with Crippen LogP contribution in [-0.2, 0) is 0 Å². The summed E-state index contributed by atoms with van der Waals surface area (Å²) >= 11 is 0. The number of benzene rings is 1. The number of ether oxygens (including phenoxy) is 1. The molecule has 1 aromatic carbocycles. The minimum absolute atomic E-state index is 0.436. The van der Waals surface area contributed by atoms with E-state index in [0.29, 0.717) is 6.04 Å². The number of rotatable bonds is 7. The lowest BCUT2D eigenvalue weighted by Crippen LogP contribution is -2.21. The zero-order valence-corrected chi connectivity index (χ0v) is 11.1. The Kier molecular flexibility index (Phi) is 6.41. The van der Waals surface area contributed by atoms with Crippen molar-refractivity contribution in [2.24, 2.45) is 0 Å². The lowest BCUT2D eigenvalue weighted by molar-refractivity contribution is 0.414. The van der Waals surface area contributed by atoms with Crippen molar-refractivity contribution in [3.05, 3.63) is 42.0 Å². The van der Waals surface area contributed by atoms with Gasteiger partial charge in [-0.25, -0.2) is 0 Å². The topological polar surface area (TPSA) is 21.3 Å². The van der Waals surface area contributed by atoms with Crippen LogP contribution in [0.25, 0.3) is 0 Å². The second-order valence-electron chi connectivity index (χ2n) is 4.05. The zero-order chi connectivity index (χ0) is 12.5. The fraction of sp³-hybridized carbons (Fsp3) is 0.467. The predicted molar refractivity (Wildman–Crippen MR) is 73.5 cm³/mol. The van der Waals surface area contributed by atoms with Crippen LogP contribution in [0, 0.1) is 0 Å². The summed E-state index contributed by atoms with van der Waals surface area (Å²) in [6.07, 6.45) is 6.47. The third-order valence-corrected chi connectivity index (χ3v) is 2.86. The van der Waals surface area contributed by atoms with Crippen LogP contribution in [0.3, 0.4) is 0 Å². The molecule has 0 saturated carbocycles. The molecule has 1 atom stereocenters. The van der Waals surface area contributed by atoms with Gasteiger partial charge >= 0.3 is 0 Å². The highest BCUT2D eigenvalue weighted by Gasteiger charge is 2.07. The Morgan fingerprint density at radius 3 is 2.53 bits per heavy atom. The van der Waals surface area contributed by atoms with Gasteiger partial charge in [-0.1, -0.05) is 31.2 Å². The van der Waals surface area contributed by atoms with Crippen LogP contribution in [0.2, 0.25) is 0 Å². The minimum atomic E-state index is 0.436. The van der Waals surface area contributed by atoms with Crippen LogP contribution >= 0.6 is 0 Å². The summed E-state index contributed by atoms with van der Waals surface area (Å²) in [5, 5.41) is 3.57. The van der Waals surface area contributed by atoms with E-state index in [-0.39, 0.29) is 0 Å². The first-order valence-electron chi connectivity index (χ1n) is 6.30. The highest BCUT2D eigenvalue weighted by Crippen LogP contribution is 2.19. The summed E-state index contributed by atoms with van der Waals surface area (Å²) in [4.78, 5) is 0. The summed E-state index contributed by atoms with van der Waals surface area (Å²) < 4.78 is 5.17. The Morgan fingerprint density at radius 2 is 2.00 bits per heavy atom. The van der Waals surface area contributed by atoms with Gasteiger partial charge in [0, 0.05) is 6.04 Å². The molecule has 0 saturated heterocycles. The molecule has 2 heteroatoms. The maximum absolute atomic E-state index is 5.17. The average molecular weight is 233 g/mol. The molecule has 0 aliphatic carbocycles. The molecule has 2 nitrogen and oxygen atoms in total. The predicted octanol–water partition coefficient (Wildman–Crippen LogP) is 3.70. The normalized spacial score (nSPS) is 12.9. The Balaban J connectivity index is 2.53. The summed E-state index contributed by atoms with van der Waals surface area (Å²) in [6.45, 7) is 5.28. The number of allylic oxidation sites excluding steroid dienone is 1. The molecule has 17 heavy (non-hydrogen) atoms. The Labute approximate surface area is 105 Å². The number of nitrogens with one attached hydrogen (secondary N) is 1. The molecule has 0 amide bonds. The van der Waals surface area contributed by atoms with Crippen molar-refractivity contribution in [3.63, 3.8) is 0 Å². The fourth-order valence-corrected chi connectivity index (χ4v) is 1.84. The highest BCUT2D eigenvalue weighted by atomic mass is 16.5. The van der Waals surface area contributed by atoms with E-state index in [9.17, 15) is 0 Å². The monoisotopic (exact) mass is 233 g/mol. The first kappa shape index (κ1) is 13.8. The second kappa shape index (κ2) is 7.91. The quantitative estimate of drug-likeness (QED) is 0.572. The van der Waals surface area contributed by atoms with E-state index in [2.05, 4.69) is 43.4 Å². The van der Waals surface area contributed by atoms with Gasteiger partial charge in [0.1, 0.15) is 5.75 Å². The molecule has 0 aliphatic heterocycles. The molecule has 1 aromatic rings. The molecule has 0 aliphatic rings. The van der Waals surface area contributed by atoms with E-state index in [1.54, 1.807) is 7.11 Å². The van der Waals surface area contributed by atoms with E-state index in [4.69, 9.17) is 4.74 Å². The lowest BCUT2D eigenvalue weighted by atomic mass is 10.0. The zero-order valence-electron chi connectivity index (χ0n) is 11.1. The maximum Gasteiger partial charge on any atom is 0.118 e. The average Bonchev–Trinajstić information content (AvgIpc) is 2.39. The Morgan fingerprint density at radius 1 is 1.29 bits per heavy atom. The van der Waals surface area contributed by atoms with Gasteiger partial charge < -0.3 is 10.1 Å². The van der Waals surface area contributed by atoms with E-state index in [0.717, 1.165) is 25.1 Å². The third-order valence-electron chi connectivity index (χ3n) is 2.86. The maximum atomic E-state index is 5.17. The van der Waals surface area contributed by atoms with Crippen molar-refractivity contribution >= 4 is 0 Å². The first-order valence-corrected chi connectivity index (χ1v) is 6.30. The standard InChI is InChI=1S/C15H23NO/c1-4-6-7-12-16-15(5-2)13-8-10-14(17-3)11-9-13/h4,6,8-11,15-16H,5,7,12H2,1-3H3/b6-4+. The number of hydrogen-bond acceptors (Lipinski definition) is 2. The van der Waals surface area contributed by atoms with Gasteiger partial charge in [-0.05, 0) is 44.0 Å². The van der Waals surface area contributed by atoms with Gasteiger partial charge in [0.2, 0.25) is 0 Å². The van der Waals surface area contributed by atoms with E-state index >= 15 is 0 Å². The molecule has 0 radical (unpaired) electrons. The van der Waals surface area contributed by atoms with Crippen LogP contribution in [0.4, 0.5) is 0 Å². The summed E-state index contributed by atoms with van der Waals surface area (Å²) in [5.41, 5.74) is 1.33. The van der Waals surface area contributed by atoms with Gasteiger partial charge in [0.25, 0.3) is 0 Å². The van der Waals surface area contributed by atoms with Crippen molar-refractivity contribution < 1.29 is 4.74 Å². The van der Waals surface area contributed by atoms with Gasteiger partial charge in [0.15, 0.2) is 0 Å². The lowest BCUT2D eigenvalue weighted by Gasteiger charge is -2.17.